The van der Waals surface area contributed by atoms with Gasteiger partial charge < -0.3 is 0 Å². The molecule has 0 fully saturated rings. The average Bonchev–Trinajstić information content (AvgIpc) is 2.73. The molecule has 0 N–H and O–H groups in total. The highest BCUT2D eigenvalue weighted by atomic mass is 15.2. The number of imidazole rings is 1. The summed E-state index contributed by atoms with van der Waals surface area (Å²) in [5.74, 6) is 0.785. The van der Waals surface area contributed by atoms with Crippen molar-refractivity contribution in [2.45, 2.75) is 27.7 Å². The third kappa shape index (κ3) is 2.44. The van der Waals surface area contributed by atoms with E-state index in [0.717, 1.165) is 34.0 Å². The number of fused-ring (bicyclic) bond motifs is 1. The summed E-state index contributed by atoms with van der Waals surface area (Å²) in [6.45, 7) is 8.11. The van der Waals surface area contributed by atoms with Crippen LogP contribution >= 0.6 is 0 Å². The molecule has 106 valence electrons. The molecule has 3 aromatic rings. The van der Waals surface area contributed by atoms with Crippen LogP contribution in [0.15, 0.2) is 46.8 Å². The van der Waals surface area contributed by atoms with Crippen molar-refractivity contribution < 1.29 is 0 Å². The Morgan fingerprint density at radius 1 is 0.952 bits per heavy atom. The molecule has 0 amide bonds. The van der Waals surface area contributed by atoms with Gasteiger partial charge in [0.05, 0.1) is 11.4 Å². The number of aromatic nitrogens is 2. The van der Waals surface area contributed by atoms with Crippen molar-refractivity contribution in [3.63, 3.8) is 0 Å². The Balaban J connectivity index is 2.10. The molecule has 0 atom stereocenters. The molecule has 0 spiro atoms. The number of pyridine rings is 1. The van der Waals surface area contributed by atoms with Crippen LogP contribution < -0.4 is 0 Å². The number of azo groups is 1. The van der Waals surface area contributed by atoms with E-state index in [9.17, 15) is 0 Å². The molecule has 2 heterocycles. The van der Waals surface area contributed by atoms with Crippen LogP contribution in [0.2, 0.25) is 0 Å². The summed E-state index contributed by atoms with van der Waals surface area (Å²) in [5.41, 5.74) is 6.16. The highest BCUT2D eigenvalue weighted by Crippen LogP contribution is 2.27. The van der Waals surface area contributed by atoms with Crippen molar-refractivity contribution in [1.82, 2.24) is 9.38 Å². The maximum absolute atomic E-state index is 4.54. The second kappa shape index (κ2) is 5.13. The molecule has 4 nitrogen and oxygen atoms in total. The van der Waals surface area contributed by atoms with Crippen LogP contribution in [-0.4, -0.2) is 9.38 Å². The maximum Gasteiger partial charge on any atom is 0.182 e. The van der Waals surface area contributed by atoms with Gasteiger partial charge in [-0.3, -0.25) is 4.40 Å². The molecule has 0 aliphatic heterocycles. The summed E-state index contributed by atoms with van der Waals surface area (Å²) in [5, 5.41) is 8.89. The lowest BCUT2D eigenvalue weighted by Crippen LogP contribution is -1.84. The van der Waals surface area contributed by atoms with Crippen molar-refractivity contribution in [3.8, 4) is 0 Å². The van der Waals surface area contributed by atoms with Crippen molar-refractivity contribution in [3.05, 3.63) is 58.9 Å². The van der Waals surface area contributed by atoms with E-state index in [1.54, 1.807) is 0 Å². The lowest BCUT2D eigenvalue weighted by Gasteiger charge is -2.02. The fourth-order valence-electron chi connectivity index (χ4n) is 2.43. The molecule has 0 radical (unpaired) electrons. The Labute approximate surface area is 124 Å². The Morgan fingerprint density at radius 3 is 2.38 bits per heavy atom. The number of nitrogens with zero attached hydrogens (tertiary/aromatic N) is 4. The summed E-state index contributed by atoms with van der Waals surface area (Å²) >= 11 is 0. The van der Waals surface area contributed by atoms with Crippen molar-refractivity contribution in [2.75, 3.05) is 0 Å². The largest absolute Gasteiger partial charge is 0.283 e. The number of hydrogen-bond donors (Lipinski definition) is 0. The van der Waals surface area contributed by atoms with E-state index in [4.69, 9.17) is 0 Å². The van der Waals surface area contributed by atoms with E-state index in [1.165, 1.54) is 5.56 Å². The molecule has 4 heteroatoms. The Kier molecular flexibility index (Phi) is 3.29. The van der Waals surface area contributed by atoms with E-state index in [-0.39, 0.29) is 0 Å². The van der Waals surface area contributed by atoms with Crippen molar-refractivity contribution >= 4 is 17.2 Å². The molecule has 2 aromatic heterocycles. The van der Waals surface area contributed by atoms with Gasteiger partial charge >= 0.3 is 0 Å². The molecule has 0 bridgehead atoms. The normalized spacial score (nSPS) is 11.6. The first kappa shape index (κ1) is 13.5. The van der Waals surface area contributed by atoms with Gasteiger partial charge in [0.1, 0.15) is 5.65 Å². The van der Waals surface area contributed by atoms with Crippen LogP contribution in [0, 0.1) is 27.7 Å². The maximum atomic E-state index is 4.54. The van der Waals surface area contributed by atoms with E-state index in [2.05, 4.69) is 22.1 Å². The molecule has 1 aromatic carbocycles. The van der Waals surface area contributed by atoms with Crippen LogP contribution in [-0.2, 0) is 0 Å². The van der Waals surface area contributed by atoms with E-state index in [1.807, 2.05) is 61.7 Å². The predicted octanol–water partition coefficient (Wildman–Crippen LogP) is 4.98. The molecular formula is C17H18N4. The molecule has 0 aliphatic carbocycles. The van der Waals surface area contributed by atoms with Crippen LogP contribution in [0.25, 0.3) is 5.65 Å². The van der Waals surface area contributed by atoms with Gasteiger partial charge in [0.2, 0.25) is 0 Å². The Morgan fingerprint density at radius 2 is 1.67 bits per heavy atom. The number of benzene rings is 1. The lowest BCUT2D eigenvalue weighted by atomic mass is 10.1. The van der Waals surface area contributed by atoms with Crippen LogP contribution in [0.4, 0.5) is 11.5 Å². The molecule has 0 unspecified atom stereocenters. The van der Waals surface area contributed by atoms with Crippen LogP contribution in [0.3, 0.4) is 0 Å². The van der Waals surface area contributed by atoms with Gasteiger partial charge in [0.15, 0.2) is 5.82 Å². The minimum absolute atomic E-state index is 0.785. The standard InChI is InChI=1S/C17H18N4/c1-11-8-9-21-15(10-11)18-14(4)17(21)20-19-16-12(2)6-5-7-13(16)3/h5-10H,1-4H3. The molecule has 0 saturated heterocycles. The highest BCUT2D eigenvalue weighted by molar-refractivity contribution is 5.54. The quantitative estimate of drug-likeness (QED) is 0.609. The van der Waals surface area contributed by atoms with Gasteiger partial charge in [-0.2, -0.15) is 0 Å². The summed E-state index contributed by atoms with van der Waals surface area (Å²) in [7, 11) is 0. The van der Waals surface area contributed by atoms with E-state index < -0.39 is 0 Å². The van der Waals surface area contributed by atoms with Gasteiger partial charge in [-0.25, -0.2) is 4.98 Å². The monoisotopic (exact) mass is 278 g/mol. The fourth-order valence-corrected chi connectivity index (χ4v) is 2.43. The summed E-state index contributed by atoms with van der Waals surface area (Å²) in [4.78, 5) is 4.54. The molecule has 0 aliphatic rings. The first-order valence-corrected chi connectivity index (χ1v) is 6.99. The Hall–Kier alpha value is -2.49. The second-order valence-electron chi connectivity index (χ2n) is 5.39. The lowest BCUT2D eigenvalue weighted by molar-refractivity contribution is 1.08. The molecule has 0 saturated carbocycles. The molecule has 3 rings (SSSR count). The first-order valence-electron chi connectivity index (χ1n) is 6.99. The zero-order chi connectivity index (χ0) is 15.0. The zero-order valence-electron chi connectivity index (χ0n) is 12.8. The van der Waals surface area contributed by atoms with Crippen molar-refractivity contribution in [2.24, 2.45) is 10.2 Å². The smallest absolute Gasteiger partial charge is 0.182 e. The highest BCUT2D eigenvalue weighted by Gasteiger charge is 2.08. The zero-order valence-corrected chi connectivity index (χ0v) is 12.8. The minimum atomic E-state index is 0.785. The average molecular weight is 278 g/mol. The van der Waals surface area contributed by atoms with Crippen molar-refractivity contribution in [1.29, 1.82) is 0 Å². The van der Waals surface area contributed by atoms with E-state index >= 15 is 0 Å². The third-order valence-electron chi connectivity index (χ3n) is 3.61. The summed E-state index contributed by atoms with van der Waals surface area (Å²) in [6, 6.07) is 10.2. The third-order valence-corrected chi connectivity index (χ3v) is 3.61. The number of hydrogen-bond acceptors (Lipinski definition) is 3. The SMILES string of the molecule is Cc1ccn2c(N=Nc3c(C)cccc3C)c(C)nc2c1. The predicted molar refractivity (Wildman–Crippen MR) is 84.8 cm³/mol. The number of aryl methyl sites for hydroxylation is 4. The second-order valence-corrected chi connectivity index (χ2v) is 5.39. The molecule has 21 heavy (non-hydrogen) atoms. The van der Waals surface area contributed by atoms with Gasteiger partial charge in [-0.1, -0.05) is 18.2 Å². The first-order chi connectivity index (χ1) is 10.1. The Bertz CT molecular complexity index is 823. The topological polar surface area (TPSA) is 42.0 Å². The van der Waals surface area contributed by atoms with Gasteiger partial charge in [0, 0.05) is 6.20 Å². The molecular weight excluding hydrogens is 260 g/mol. The van der Waals surface area contributed by atoms with Gasteiger partial charge in [-0.05, 0) is 56.5 Å². The van der Waals surface area contributed by atoms with Crippen LogP contribution in [0.5, 0.6) is 0 Å². The van der Waals surface area contributed by atoms with Gasteiger partial charge in [-0.15, -0.1) is 10.2 Å². The van der Waals surface area contributed by atoms with E-state index in [0.29, 0.717) is 0 Å². The minimum Gasteiger partial charge on any atom is -0.283 e. The number of rotatable bonds is 2. The fraction of sp³-hybridized carbons (Fsp3) is 0.235. The summed E-state index contributed by atoms with van der Waals surface area (Å²) in [6.07, 6.45) is 1.99. The summed E-state index contributed by atoms with van der Waals surface area (Å²) < 4.78 is 1.97. The van der Waals surface area contributed by atoms with Gasteiger partial charge in [0.25, 0.3) is 0 Å². The van der Waals surface area contributed by atoms with Crippen LogP contribution in [0.1, 0.15) is 22.4 Å².